The zero-order chi connectivity index (χ0) is 11.5. The molecule has 0 radical (unpaired) electrons. The number of aliphatic carboxylic acids is 1. The zero-order valence-corrected chi connectivity index (χ0v) is 9.31. The van der Waals surface area contributed by atoms with Gasteiger partial charge in [0.25, 0.3) is 5.91 Å². The second-order valence-electron chi connectivity index (χ2n) is 3.64. The van der Waals surface area contributed by atoms with Crippen molar-refractivity contribution in [1.82, 2.24) is 14.5 Å². The molecular weight excluding hydrogens is 230 g/mol. The fraction of sp³-hybridized carbons (Fsp3) is 0.556. The van der Waals surface area contributed by atoms with Crippen molar-refractivity contribution in [2.75, 3.05) is 6.54 Å². The van der Waals surface area contributed by atoms with Crippen LogP contribution in [0.1, 0.15) is 29.8 Å². The monoisotopic (exact) mass is 241 g/mol. The van der Waals surface area contributed by atoms with Gasteiger partial charge in [-0.1, -0.05) is 4.49 Å². The molecule has 6 nitrogen and oxygen atoms in total. The van der Waals surface area contributed by atoms with Crippen LogP contribution in [0.5, 0.6) is 0 Å². The molecular formula is C9H11N3O3S. The lowest BCUT2D eigenvalue weighted by molar-refractivity contribution is -0.143. The van der Waals surface area contributed by atoms with Crippen molar-refractivity contribution >= 4 is 23.4 Å². The van der Waals surface area contributed by atoms with Gasteiger partial charge >= 0.3 is 5.97 Å². The maximum Gasteiger partial charge on any atom is 0.326 e. The van der Waals surface area contributed by atoms with E-state index in [1.165, 1.54) is 10.3 Å². The Bertz CT molecular complexity index is 393. The van der Waals surface area contributed by atoms with E-state index in [0.717, 1.165) is 24.4 Å². The molecule has 1 aliphatic heterocycles. The van der Waals surface area contributed by atoms with Crippen LogP contribution >= 0.6 is 11.5 Å². The highest BCUT2D eigenvalue weighted by Crippen LogP contribution is 2.19. The third-order valence-electron chi connectivity index (χ3n) is 2.63. The first-order valence-corrected chi connectivity index (χ1v) is 5.84. The predicted octanol–water partition coefficient (Wildman–Crippen LogP) is 0.617. The van der Waals surface area contributed by atoms with Crippen LogP contribution in [-0.2, 0) is 4.79 Å². The average molecular weight is 241 g/mol. The summed E-state index contributed by atoms with van der Waals surface area (Å²) in [6.45, 7) is 0.479. The van der Waals surface area contributed by atoms with Crippen LogP contribution in [0, 0.1) is 0 Å². The van der Waals surface area contributed by atoms with Gasteiger partial charge in [0.05, 0.1) is 0 Å². The smallest absolute Gasteiger partial charge is 0.326 e. The lowest BCUT2D eigenvalue weighted by Crippen LogP contribution is -2.48. The van der Waals surface area contributed by atoms with E-state index in [1.54, 1.807) is 0 Å². The first kappa shape index (κ1) is 11.0. The molecule has 1 saturated heterocycles. The van der Waals surface area contributed by atoms with Crippen LogP contribution in [-0.4, -0.2) is 44.1 Å². The quantitative estimate of drug-likeness (QED) is 0.820. The number of nitrogens with zero attached hydrogens (tertiary/aromatic N) is 3. The summed E-state index contributed by atoms with van der Waals surface area (Å²) >= 11 is 1.09. The summed E-state index contributed by atoms with van der Waals surface area (Å²) in [5.74, 6) is -1.28. The molecule has 1 unspecified atom stereocenters. The molecule has 16 heavy (non-hydrogen) atoms. The number of carboxylic acid groups (broad SMARTS) is 1. The fourth-order valence-electron chi connectivity index (χ4n) is 1.84. The third kappa shape index (κ3) is 2.04. The minimum Gasteiger partial charge on any atom is -0.480 e. The Morgan fingerprint density at radius 3 is 2.94 bits per heavy atom. The molecule has 86 valence electrons. The second kappa shape index (κ2) is 4.56. The summed E-state index contributed by atoms with van der Waals surface area (Å²) in [6.07, 6.45) is 2.20. The highest BCUT2D eigenvalue weighted by Gasteiger charge is 2.33. The lowest BCUT2D eigenvalue weighted by atomic mass is 10.0. The van der Waals surface area contributed by atoms with Gasteiger partial charge in [-0.3, -0.25) is 4.79 Å². The van der Waals surface area contributed by atoms with Crippen LogP contribution in [0.4, 0.5) is 0 Å². The Kier molecular flexibility index (Phi) is 3.14. The summed E-state index contributed by atoms with van der Waals surface area (Å²) in [5.41, 5.74) is 0.234. The molecule has 1 aromatic heterocycles. The van der Waals surface area contributed by atoms with Gasteiger partial charge in [-0.2, -0.15) is 0 Å². The Morgan fingerprint density at radius 1 is 1.50 bits per heavy atom. The fourth-order valence-corrected chi connectivity index (χ4v) is 2.27. The normalized spacial score (nSPS) is 20.8. The molecule has 0 aromatic carbocycles. The van der Waals surface area contributed by atoms with Crippen LogP contribution in [0.2, 0.25) is 0 Å². The zero-order valence-electron chi connectivity index (χ0n) is 8.50. The first-order chi connectivity index (χ1) is 7.70. The summed E-state index contributed by atoms with van der Waals surface area (Å²) in [7, 11) is 0. The molecule has 1 amide bonds. The molecule has 1 aliphatic rings. The van der Waals surface area contributed by atoms with E-state index in [1.807, 2.05) is 0 Å². The minimum absolute atomic E-state index is 0.234. The number of hydrogen-bond donors (Lipinski definition) is 1. The van der Waals surface area contributed by atoms with Crippen LogP contribution < -0.4 is 0 Å². The molecule has 0 saturated carbocycles. The van der Waals surface area contributed by atoms with E-state index in [-0.39, 0.29) is 11.6 Å². The van der Waals surface area contributed by atoms with E-state index >= 15 is 0 Å². The predicted molar refractivity (Wildman–Crippen MR) is 56.2 cm³/mol. The number of likely N-dealkylation sites (tertiary alicyclic amines) is 1. The molecule has 0 aliphatic carbocycles. The second-order valence-corrected chi connectivity index (χ2v) is 4.25. The third-order valence-corrected chi connectivity index (χ3v) is 3.13. The Hall–Kier alpha value is -1.50. The highest BCUT2D eigenvalue weighted by molar-refractivity contribution is 7.03. The maximum atomic E-state index is 11.9. The van der Waals surface area contributed by atoms with Gasteiger partial charge in [-0.15, -0.1) is 5.10 Å². The van der Waals surface area contributed by atoms with E-state index in [9.17, 15) is 9.59 Å². The van der Waals surface area contributed by atoms with Crippen molar-refractivity contribution in [3.63, 3.8) is 0 Å². The number of aromatic nitrogens is 2. The summed E-state index contributed by atoms with van der Waals surface area (Å²) in [5, 5.41) is 14.2. The average Bonchev–Trinajstić information content (AvgIpc) is 2.81. The Labute approximate surface area is 96.0 Å². The maximum absolute atomic E-state index is 11.9. The van der Waals surface area contributed by atoms with E-state index in [2.05, 4.69) is 9.59 Å². The SMILES string of the molecule is O=C(O)C1CCCCN1C(=O)c1csnn1. The molecule has 1 aromatic rings. The van der Waals surface area contributed by atoms with Gasteiger partial charge < -0.3 is 10.0 Å². The molecule has 2 heterocycles. The van der Waals surface area contributed by atoms with Crippen LogP contribution in [0.25, 0.3) is 0 Å². The van der Waals surface area contributed by atoms with Gasteiger partial charge in [-0.05, 0) is 30.8 Å². The van der Waals surface area contributed by atoms with Gasteiger partial charge in [0, 0.05) is 11.9 Å². The van der Waals surface area contributed by atoms with Gasteiger partial charge in [0.15, 0.2) is 5.69 Å². The molecule has 7 heteroatoms. The van der Waals surface area contributed by atoms with Crippen LogP contribution in [0.15, 0.2) is 5.38 Å². The van der Waals surface area contributed by atoms with Gasteiger partial charge in [0.1, 0.15) is 6.04 Å². The number of rotatable bonds is 2. The van der Waals surface area contributed by atoms with Crippen molar-refractivity contribution in [3.8, 4) is 0 Å². The van der Waals surface area contributed by atoms with E-state index in [0.29, 0.717) is 13.0 Å². The van der Waals surface area contributed by atoms with E-state index < -0.39 is 12.0 Å². The highest BCUT2D eigenvalue weighted by atomic mass is 32.1. The molecule has 2 rings (SSSR count). The molecule has 1 fully saturated rings. The Morgan fingerprint density at radius 2 is 2.31 bits per heavy atom. The van der Waals surface area contributed by atoms with Crippen LogP contribution in [0.3, 0.4) is 0 Å². The number of amides is 1. The van der Waals surface area contributed by atoms with Crippen molar-refractivity contribution in [2.45, 2.75) is 25.3 Å². The number of hydrogen-bond acceptors (Lipinski definition) is 5. The summed E-state index contributed by atoms with van der Waals surface area (Å²) in [4.78, 5) is 24.3. The molecule has 1 atom stereocenters. The Balaban J connectivity index is 2.17. The number of carbonyl (C=O) groups is 2. The van der Waals surface area contributed by atoms with Crippen molar-refractivity contribution in [3.05, 3.63) is 11.1 Å². The standard InChI is InChI=1S/C9H11N3O3S/c13-8(6-5-16-11-10-6)12-4-2-1-3-7(12)9(14)15/h5,7H,1-4H2,(H,14,15). The number of piperidine rings is 1. The van der Waals surface area contributed by atoms with Crippen molar-refractivity contribution in [2.24, 2.45) is 0 Å². The van der Waals surface area contributed by atoms with Crippen molar-refractivity contribution < 1.29 is 14.7 Å². The summed E-state index contributed by atoms with van der Waals surface area (Å²) in [6, 6.07) is -0.719. The summed E-state index contributed by atoms with van der Waals surface area (Å²) < 4.78 is 3.60. The minimum atomic E-state index is -0.948. The van der Waals surface area contributed by atoms with Gasteiger partial charge in [-0.25, -0.2) is 4.79 Å². The molecule has 1 N–H and O–H groups in total. The molecule has 0 bridgehead atoms. The molecule has 0 spiro atoms. The lowest BCUT2D eigenvalue weighted by Gasteiger charge is -2.32. The first-order valence-electron chi connectivity index (χ1n) is 5.01. The van der Waals surface area contributed by atoms with Gasteiger partial charge in [0.2, 0.25) is 0 Å². The number of carbonyl (C=O) groups excluding carboxylic acids is 1. The van der Waals surface area contributed by atoms with Crippen molar-refractivity contribution in [1.29, 1.82) is 0 Å². The largest absolute Gasteiger partial charge is 0.480 e. The topological polar surface area (TPSA) is 83.4 Å². The number of carboxylic acids is 1. The van der Waals surface area contributed by atoms with E-state index in [4.69, 9.17) is 5.11 Å².